The summed E-state index contributed by atoms with van der Waals surface area (Å²) in [5.41, 5.74) is 2.26. The molecule has 0 saturated heterocycles. The minimum Gasteiger partial charge on any atom is -0.359 e. The van der Waals surface area contributed by atoms with Crippen molar-refractivity contribution in [2.45, 2.75) is 33.2 Å². The summed E-state index contributed by atoms with van der Waals surface area (Å²) in [4.78, 5) is 21.8. The van der Waals surface area contributed by atoms with Crippen molar-refractivity contribution < 1.29 is 9.59 Å². The number of nitrogens with zero attached hydrogens (tertiary/aromatic N) is 2. The Morgan fingerprint density at radius 2 is 2.19 bits per heavy atom. The van der Waals surface area contributed by atoms with E-state index >= 15 is 0 Å². The molecule has 0 unspecified atom stereocenters. The number of carbonyl (C=O) groups is 2. The first-order chi connectivity index (χ1) is 7.60. The van der Waals surface area contributed by atoms with E-state index in [-0.39, 0.29) is 5.91 Å². The highest BCUT2D eigenvalue weighted by molar-refractivity contribution is 5.78. The summed E-state index contributed by atoms with van der Waals surface area (Å²) in [5, 5.41) is 6.83. The van der Waals surface area contributed by atoms with Crippen LogP contribution in [0.3, 0.4) is 0 Å². The molecular weight excluding hydrogens is 206 g/mol. The van der Waals surface area contributed by atoms with Gasteiger partial charge in [0.2, 0.25) is 5.91 Å². The highest BCUT2D eigenvalue weighted by Crippen LogP contribution is 2.10. The van der Waals surface area contributed by atoms with Crippen molar-refractivity contribution in [1.29, 1.82) is 0 Å². The number of hydrogen-bond acceptors (Lipinski definition) is 3. The van der Waals surface area contributed by atoms with Gasteiger partial charge in [0.25, 0.3) is 0 Å². The van der Waals surface area contributed by atoms with Crippen LogP contribution in [-0.2, 0) is 11.3 Å². The summed E-state index contributed by atoms with van der Waals surface area (Å²) in [6.07, 6.45) is 2.03. The van der Waals surface area contributed by atoms with Crippen LogP contribution in [0.4, 0.5) is 0 Å². The van der Waals surface area contributed by atoms with Crippen molar-refractivity contribution in [3.8, 4) is 0 Å². The Morgan fingerprint density at radius 1 is 1.50 bits per heavy atom. The fourth-order valence-corrected chi connectivity index (χ4v) is 1.61. The molecule has 1 heterocycles. The predicted octanol–water partition coefficient (Wildman–Crippen LogP) is 0.839. The van der Waals surface area contributed by atoms with Gasteiger partial charge in [-0.05, 0) is 20.3 Å². The van der Waals surface area contributed by atoms with Gasteiger partial charge in [0.05, 0.1) is 11.3 Å². The van der Waals surface area contributed by atoms with Gasteiger partial charge in [-0.1, -0.05) is 0 Å². The Kier molecular flexibility index (Phi) is 4.22. The van der Waals surface area contributed by atoms with Crippen LogP contribution in [0.5, 0.6) is 0 Å². The Bertz CT molecular complexity index is 396. The van der Waals surface area contributed by atoms with Crippen molar-refractivity contribution in [3.05, 3.63) is 17.0 Å². The molecule has 1 N–H and O–H groups in total. The minimum atomic E-state index is 0.0251. The number of nitrogens with one attached hydrogen (secondary N) is 1. The smallest absolute Gasteiger partial charge is 0.219 e. The number of amides is 1. The summed E-state index contributed by atoms with van der Waals surface area (Å²) in [7, 11) is 1.62. The fraction of sp³-hybridized carbons (Fsp3) is 0.545. The quantitative estimate of drug-likeness (QED) is 0.752. The van der Waals surface area contributed by atoms with Crippen LogP contribution < -0.4 is 5.32 Å². The van der Waals surface area contributed by atoms with Gasteiger partial charge in [-0.2, -0.15) is 5.10 Å². The van der Waals surface area contributed by atoms with Gasteiger partial charge in [0, 0.05) is 25.7 Å². The average Bonchev–Trinajstić information content (AvgIpc) is 2.53. The van der Waals surface area contributed by atoms with Crippen LogP contribution in [0, 0.1) is 13.8 Å². The maximum atomic E-state index is 11.0. The average molecular weight is 223 g/mol. The molecule has 88 valence electrons. The van der Waals surface area contributed by atoms with Crippen LogP contribution in [0.15, 0.2) is 0 Å². The van der Waals surface area contributed by atoms with Crippen molar-refractivity contribution in [3.63, 3.8) is 0 Å². The zero-order chi connectivity index (χ0) is 12.1. The summed E-state index contributed by atoms with van der Waals surface area (Å²) in [6, 6.07) is 0. The summed E-state index contributed by atoms with van der Waals surface area (Å²) >= 11 is 0. The molecule has 5 heteroatoms. The third-order valence-electron chi connectivity index (χ3n) is 2.61. The lowest BCUT2D eigenvalue weighted by molar-refractivity contribution is -0.120. The van der Waals surface area contributed by atoms with Gasteiger partial charge in [0.15, 0.2) is 6.29 Å². The van der Waals surface area contributed by atoms with Gasteiger partial charge < -0.3 is 5.32 Å². The van der Waals surface area contributed by atoms with Crippen molar-refractivity contribution >= 4 is 12.2 Å². The maximum Gasteiger partial charge on any atom is 0.219 e. The monoisotopic (exact) mass is 223 g/mol. The third-order valence-corrected chi connectivity index (χ3v) is 2.61. The molecule has 0 spiro atoms. The summed E-state index contributed by atoms with van der Waals surface area (Å²) < 4.78 is 1.78. The number of aryl methyl sites for hydroxylation is 2. The van der Waals surface area contributed by atoms with Gasteiger partial charge in [-0.3, -0.25) is 14.3 Å². The second-order valence-electron chi connectivity index (χ2n) is 3.70. The van der Waals surface area contributed by atoms with E-state index < -0.39 is 0 Å². The standard InChI is InChI=1S/C11H17N3O2/c1-8-10(7-15)9(2)14(13-8)6-4-5-11(16)12-3/h7H,4-6H2,1-3H3,(H,12,16). The van der Waals surface area contributed by atoms with Crippen molar-refractivity contribution in [1.82, 2.24) is 15.1 Å². The second-order valence-corrected chi connectivity index (χ2v) is 3.70. The van der Waals surface area contributed by atoms with Crippen LogP contribution in [-0.4, -0.2) is 29.0 Å². The lowest BCUT2D eigenvalue weighted by Gasteiger charge is -2.03. The van der Waals surface area contributed by atoms with E-state index in [1.165, 1.54) is 0 Å². The van der Waals surface area contributed by atoms with Crippen LogP contribution >= 0.6 is 0 Å². The molecule has 0 bridgehead atoms. The molecule has 0 saturated carbocycles. The van der Waals surface area contributed by atoms with E-state index in [4.69, 9.17) is 0 Å². The summed E-state index contributed by atoms with van der Waals surface area (Å²) in [6.45, 7) is 4.34. The molecule has 0 aliphatic heterocycles. The fourth-order valence-electron chi connectivity index (χ4n) is 1.61. The Labute approximate surface area is 94.8 Å². The number of carbonyl (C=O) groups excluding carboxylic acids is 2. The zero-order valence-corrected chi connectivity index (χ0v) is 9.91. The SMILES string of the molecule is CNC(=O)CCCn1nc(C)c(C=O)c1C. The molecule has 5 nitrogen and oxygen atoms in total. The molecule has 16 heavy (non-hydrogen) atoms. The van der Waals surface area contributed by atoms with E-state index in [1.54, 1.807) is 11.7 Å². The van der Waals surface area contributed by atoms with Gasteiger partial charge in [0.1, 0.15) is 0 Å². The first-order valence-corrected chi connectivity index (χ1v) is 5.30. The molecule has 1 aromatic rings. The van der Waals surface area contributed by atoms with E-state index in [0.717, 1.165) is 24.1 Å². The molecule has 0 atom stereocenters. The first kappa shape index (κ1) is 12.4. The van der Waals surface area contributed by atoms with E-state index in [1.807, 2.05) is 13.8 Å². The molecular formula is C11H17N3O2. The molecule has 1 aromatic heterocycles. The molecule has 0 aromatic carbocycles. The van der Waals surface area contributed by atoms with Crippen LogP contribution in [0.2, 0.25) is 0 Å². The number of hydrogen-bond donors (Lipinski definition) is 1. The molecule has 0 aliphatic rings. The van der Waals surface area contributed by atoms with Crippen molar-refractivity contribution in [2.75, 3.05) is 7.05 Å². The lowest BCUT2D eigenvalue weighted by Crippen LogP contribution is -2.18. The van der Waals surface area contributed by atoms with Crippen LogP contribution in [0.1, 0.15) is 34.6 Å². The zero-order valence-electron chi connectivity index (χ0n) is 9.91. The topological polar surface area (TPSA) is 64.0 Å². The molecule has 0 radical (unpaired) electrons. The van der Waals surface area contributed by atoms with E-state index in [2.05, 4.69) is 10.4 Å². The Balaban J connectivity index is 2.61. The largest absolute Gasteiger partial charge is 0.359 e. The van der Waals surface area contributed by atoms with Gasteiger partial charge >= 0.3 is 0 Å². The number of aldehydes is 1. The van der Waals surface area contributed by atoms with E-state index in [9.17, 15) is 9.59 Å². The van der Waals surface area contributed by atoms with Crippen molar-refractivity contribution in [2.24, 2.45) is 0 Å². The Morgan fingerprint density at radius 3 is 2.69 bits per heavy atom. The summed E-state index contributed by atoms with van der Waals surface area (Å²) in [5.74, 6) is 0.0251. The van der Waals surface area contributed by atoms with Crippen LogP contribution in [0.25, 0.3) is 0 Å². The number of rotatable bonds is 5. The molecule has 0 aliphatic carbocycles. The Hall–Kier alpha value is -1.65. The van der Waals surface area contributed by atoms with Gasteiger partial charge in [-0.15, -0.1) is 0 Å². The van der Waals surface area contributed by atoms with E-state index in [0.29, 0.717) is 18.5 Å². The first-order valence-electron chi connectivity index (χ1n) is 5.30. The molecule has 0 fully saturated rings. The predicted molar refractivity (Wildman–Crippen MR) is 60.4 cm³/mol. The highest BCUT2D eigenvalue weighted by Gasteiger charge is 2.10. The number of aromatic nitrogens is 2. The lowest BCUT2D eigenvalue weighted by atomic mass is 10.2. The highest BCUT2D eigenvalue weighted by atomic mass is 16.1. The maximum absolute atomic E-state index is 11.0. The molecule has 1 amide bonds. The minimum absolute atomic E-state index is 0.0251. The third kappa shape index (κ3) is 2.68. The molecule has 1 rings (SSSR count). The van der Waals surface area contributed by atoms with Gasteiger partial charge in [-0.25, -0.2) is 0 Å². The normalized spacial score (nSPS) is 10.2. The second kappa shape index (κ2) is 5.44.